The van der Waals surface area contributed by atoms with Crippen molar-refractivity contribution in [2.45, 2.75) is 72.9 Å². The highest BCUT2D eigenvalue weighted by atomic mass is 32.1. The first-order valence-corrected chi connectivity index (χ1v) is 17.3. The third-order valence-electron chi connectivity index (χ3n) is 5.31. The number of hydrogen-bond donors (Lipinski definition) is 11. The lowest BCUT2D eigenvalue weighted by Gasteiger charge is -2.16. The largest absolute Gasteiger partial charge is 0.481 e. The first kappa shape index (κ1) is 45.2. The number of amides is 4. The van der Waals surface area contributed by atoms with E-state index >= 15 is 0 Å². The second-order valence-electron chi connectivity index (χ2n) is 9.71. The average molecular weight is 737 g/mol. The number of rotatable bonds is 24. The molecule has 0 heterocycles. The van der Waals surface area contributed by atoms with E-state index in [9.17, 15) is 28.8 Å². The Bertz CT molecular complexity index is 806. The van der Waals surface area contributed by atoms with Crippen LogP contribution in [-0.2, 0) is 33.5 Å². The van der Waals surface area contributed by atoms with E-state index in [-0.39, 0.29) is 90.1 Å². The van der Waals surface area contributed by atoms with E-state index in [0.29, 0.717) is 13.1 Å². The number of carboxylic acid groups (broad SMARTS) is 1. The van der Waals surface area contributed by atoms with Gasteiger partial charge in [-0.1, -0.05) is 0 Å². The summed E-state index contributed by atoms with van der Waals surface area (Å²) in [6.07, 6.45) is 3.58. The smallest absolute Gasteiger partial charge is 0.303 e. The van der Waals surface area contributed by atoms with Crippen molar-refractivity contribution in [3.05, 3.63) is 0 Å². The molecule has 4 unspecified atom stereocenters. The number of carbonyl (C=O) groups is 6. The summed E-state index contributed by atoms with van der Waals surface area (Å²) in [5, 5.41) is 19.1. The maximum Gasteiger partial charge on any atom is 0.303 e. The number of thiol groups is 6. The summed E-state index contributed by atoms with van der Waals surface area (Å²) in [6.45, 7) is 1.57. The van der Waals surface area contributed by atoms with Crippen LogP contribution in [0.15, 0.2) is 0 Å². The summed E-state index contributed by atoms with van der Waals surface area (Å²) in [5.74, 6) is -0.949. The zero-order valence-electron chi connectivity index (χ0n) is 24.9. The van der Waals surface area contributed by atoms with Gasteiger partial charge in [0.05, 0.1) is 13.1 Å². The van der Waals surface area contributed by atoms with Crippen LogP contribution in [0.4, 0.5) is 0 Å². The lowest BCUT2D eigenvalue weighted by atomic mass is 10.2. The molecule has 0 aromatic heterocycles. The topological polar surface area (TPSA) is 180 Å². The Morgan fingerprint density at radius 2 is 1.09 bits per heavy atom. The second-order valence-corrected chi connectivity index (χ2v) is 13.5. The van der Waals surface area contributed by atoms with Crippen LogP contribution in [0.2, 0.25) is 0 Å². The van der Waals surface area contributed by atoms with Gasteiger partial charge in [-0.15, -0.1) is 0 Å². The van der Waals surface area contributed by atoms with Gasteiger partial charge in [0, 0.05) is 46.9 Å². The third-order valence-corrected chi connectivity index (χ3v) is 7.55. The lowest BCUT2D eigenvalue weighted by Crippen LogP contribution is -2.40. The first-order valence-electron chi connectivity index (χ1n) is 14.0. The van der Waals surface area contributed by atoms with Crippen LogP contribution < -0.4 is 21.3 Å². The highest BCUT2D eigenvalue weighted by molar-refractivity contribution is 7.82. The standard InChI is InChI=1S/2C13H24N2O4S3/c1-9(16)7-19-8-13(18)15-6-12(17)14-5-11(22)4-10(21)2-3-20;16-11(2-1-3-13(18)19)15-8-12(17)14-7-10(22)6-9(21)4-5-20/h10-11,20-22H,2-8H2,1H3,(H,14,17)(H,15,18);9-10,20-22H,1-8H2,(H,14,17)(H,15,16)(H,18,19). The zero-order chi connectivity index (χ0) is 33.9. The van der Waals surface area contributed by atoms with Gasteiger partial charge in [-0.2, -0.15) is 75.8 Å². The Morgan fingerprint density at radius 1 is 0.636 bits per heavy atom. The van der Waals surface area contributed by atoms with Crippen molar-refractivity contribution in [2.24, 2.45) is 0 Å². The molecule has 0 rings (SSSR count). The molecule has 0 saturated carbocycles. The molecule has 0 bridgehead atoms. The van der Waals surface area contributed by atoms with Gasteiger partial charge in [-0.3, -0.25) is 28.8 Å². The molecule has 0 radical (unpaired) electrons. The van der Waals surface area contributed by atoms with Gasteiger partial charge in [0.15, 0.2) is 5.78 Å². The van der Waals surface area contributed by atoms with Crippen LogP contribution in [0.25, 0.3) is 0 Å². The minimum Gasteiger partial charge on any atom is -0.481 e. The van der Waals surface area contributed by atoms with Crippen molar-refractivity contribution in [1.29, 1.82) is 0 Å². The Morgan fingerprint density at radius 3 is 1.50 bits per heavy atom. The number of nitrogens with one attached hydrogen (secondary N) is 4. The predicted octanol–water partition coefficient (Wildman–Crippen LogP) is 0.912. The van der Waals surface area contributed by atoms with E-state index in [1.807, 2.05) is 0 Å². The van der Waals surface area contributed by atoms with Crippen LogP contribution >= 0.6 is 75.8 Å². The van der Waals surface area contributed by atoms with E-state index < -0.39 is 11.9 Å². The molecule has 18 heteroatoms. The minimum absolute atomic E-state index is 0.000866. The van der Waals surface area contributed by atoms with Crippen LogP contribution in [0, 0.1) is 0 Å². The molecule has 4 atom stereocenters. The number of ether oxygens (including phenoxy) is 1. The summed E-state index contributed by atoms with van der Waals surface area (Å²) in [4.78, 5) is 66.7. The van der Waals surface area contributed by atoms with Crippen LogP contribution in [0.5, 0.6) is 0 Å². The lowest BCUT2D eigenvalue weighted by molar-refractivity contribution is -0.137. The molecule has 5 N–H and O–H groups in total. The van der Waals surface area contributed by atoms with E-state index in [0.717, 1.165) is 37.2 Å². The monoisotopic (exact) mass is 736 g/mol. The van der Waals surface area contributed by atoms with Gasteiger partial charge in [-0.05, 0) is 50.5 Å². The number of hydrogen-bond acceptors (Lipinski definition) is 13. The van der Waals surface area contributed by atoms with Crippen LogP contribution in [0.1, 0.15) is 51.9 Å². The summed E-state index contributed by atoms with van der Waals surface area (Å²) in [7, 11) is 0. The zero-order valence-corrected chi connectivity index (χ0v) is 30.3. The Balaban J connectivity index is 0. The Kier molecular flexibility index (Phi) is 30.3. The number of carbonyl (C=O) groups excluding carboxylic acids is 5. The Labute approximate surface area is 293 Å². The van der Waals surface area contributed by atoms with Gasteiger partial charge < -0.3 is 31.1 Å². The molecule has 0 aliphatic rings. The maximum atomic E-state index is 11.6. The predicted molar refractivity (Wildman–Crippen MR) is 192 cm³/mol. The normalized spacial score (nSPS) is 13.2. The summed E-state index contributed by atoms with van der Waals surface area (Å²) < 4.78 is 4.83. The SMILES string of the molecule is CC(=O)COCC(=O)NCC(=O)NCC(S)CC(S)CCS.O=C(O)CCCC(=O)NCC(=O)NCC(S)CC(S)CCS. The molecule has 12 nitrogen and oxygen atoms in total. The highest BCUT2D eigenvalue weighted by Gasteiger charge is 2.13. The van der Waals surface area contributed by atoms with E-state index in [4.69, 9.17) is 9.84 Å². The van der Waals surface area contributed by atoms with Crippen molar-refractivity contribution in [2.75, 3.05) is 50.9 Å². The maximum absolute atomic E-state index is 11.6. The summed E-state index contributed by atoms with van der Waals surface area (Å²) >= 11 is 25.8. The fourth-order valence-electron chi connectivity index (χ4n) is 3.10. The highest BCUT2D eigenvalue weighted by Crippen LogP contribution is 2.14. The fourth-order valence-corrected chi connectivity index (χ4v) is 5.92. The third kappa shape index (κ3) is 32.5. The van der Waals surface area contributed by atoms with E-state index in [1.54, 1.807) is 0 Å². The molecule has 0 spiro atoms. The molecule has 256 valence electrons. The molecule has 0 aromatic carbocycles. The van der Waals surface area contributed by atoms with Crippen molar-refractivity contribution in [3.63, 3.8) is 0 Å². The Hall–Kier alpha value is -0.920. The van der Waals surface area contributed by atoms with Crippen molar-refractivity contribution in [3.8, 4) is 0 Å². The second kappa shape index (κ2) is 29.5. The molecule has 0 saturated heterocycles. The molecule has 0 fully saturated rings. The average Bonchev–Trinajstić information content (AvgIpc) is 2.93. The molecule has 0 aliphatic heterocycles. The van der Waals surface area contributed by atoms with E-state index in [1.165, 1.54) is 6.92 Å². The minimum atomic E-state index is -0.939. The molecule has 0 aliphatic carbocycles. The number of aliphatic carboxylic acids is 1. The van der Waals surface area contributed by atoms with E-state index in [2.05, 4.69) is 97.0 Å². The van der Waals surface area contributed by atoms with Gasteiger partial charge in [-0.25, -0.2) is 0 Å². The van der Waals surface area contributed by atoms with Gasteiger partial charge in [0.1, 0.15) is 13.2 Å². The summed E-state index contributed by atoms with van der Waals surface area (Å²) in [6, 6.07) is 0. The summed E-state index contributed by atoms with van der Waals surface area (Å²) in [5.41, 5.74) is 0. The van der Waals surface area contributed by atoms with Crippen LogP contribution in [-0.4, -0.2) is 112 Å². The van der Waals surface area contributed by atoms with Gasteiger partial charge in [0.25, 0.3) is 0 Å². The molecule has 0 aromatic rings. The van der Waals surface area contributed by atoms with Crippen LogP contribution in [0.3, 0.4) is 0 Å². The number of Topliss-reactive ketones (excluding diaryl/α,β-unsaturated/α-hetero) is 1. The van der Waals surface area contributed by atoms with Gasteiger partial charge >= 0.3 is 5.97 Å². The van der Waals surface area contributed by atoms with Crippen molar-refractivity contribution < 1.29 is 38.6 Å². The van der Waals surface area contributed by atoms with Gasteiger partial charge in [0.2, 0.25) is 23.6 Å². The molecular formula is C26H48N4O8S6. The molecular weight excluding hydrogens is 689 g/mol. The molecule has 44 heavy (non-hydrogen) atoms. The quantitative estimate of drug-likeness (QED) is 0.0648. The van der Waals surface area contributed by atoms with Crippen molar-refractivity contribution in [1.82, 2.24) is 21.3 Å². The first-order chi connectivity index (χ1) is 20.7. The number of carboxylic acids is 1. The molecule has 4 amide bonds. The number of ketones is 1. The fraction of sp³-hybridized carbons (Fsp3) is 0.769. The van der Waals surface area contributed by atoms with Crippen molar-refractivity contribution >= 4 is 111 Å².